The third-order valence-corrected chi connectivity index (χ3v) is 2.95. The molecular formula is C14H14N4O4. The second kappa shape index (κ2) is 6.17. The fourth-order valence-electron chi connectivity index (χ4n) is 1.92. The number of pyridine rings is 1. The molecule has 2 aromatic heterocycles. The van der Waals surface area contributed by atoms with E-state index in [1.807, 2.05) is 13.8 Å². The van der Waals surface area contributed by atoms with Crippen LogP contribution in [-0.2, 0) is 0 Å². The predicted octanol–water partition coefficient (Wildman–Crippen LogP) is 2.64. The average Bonchev–Trinajstić information content (AvgIpc) is 2.93. The van der Waals surface area contributed by atoms with Crippen molar-refractivity contribution in [3.63, 3.8) is 0 Å². The Balaban J connectivity index is 2.40. The smallest absolute Gasteiger partial charge is 0.338 e. The summed E-state index contributed by atoms with van der Waals surface area (Å²) in [6, 6.07) is 2.93. The molecule has 0 aliphatic carbocycles. The minimum atomic E-state index is -1.27. The van der Waals surface area contributed by atoms with E-state index in [1.165, 1.54) is 6.08 Å². The quantitative estimate of drug-likeness (QED) is 0.671. The zero-order valence-corrected chi connectivity index (χ0v) is 12.0. The maximum atomic E-state index is 11.2. The van der Waals surface area contributed by atoms with E-state index < -0.39 is 10.9 Å². The summed E-state index contributed by atoms with van der Waals surface area (Å²) in [6.45, 7) is 3.94. The molecule has 22 heavy (non-hydrogen) atoms. The van der Waals surface area contributed by atoms with Crippen LogP contribution in [0.3, 0.4) is 0 Å². The summed E-state index contributed by atoms with van der Waals surface area (Å²) in [7, 11) is 0. The van der Waals surface area contributed by atoms with Crippen molar-refractivity contribution < 1.29 is 14.8 Å². The number of hydrogen-bond donors (Lipinski definition) is 1. The van der Waals surface area contributed by atoms with Crippen LogP contribution in [0.2, 0.25) is 0 Å². The van der Waals surface area contributed by atoms with E-state index in [1.54, 1.807) is 23.0 Å². The van der Waals surface area contributed by atoms with Gasteiger partial charge in [-0.25, -0.2) is 9.78 Å². The van der Waals surface area contributed by atoms with Gasteiger partial charge in [-0.15, -0.1) is 0 Å². The fourth-order valence-corrected chi connectivity index (χ4v) is 1.92. The zero-order valence-electron chi connectivity index (χ0n) is 12.0. The first-order chi connectivity index (χ1) is 10.4. The second-order valence-electron chi connectivity index (χ2n) is 4.82. The van der Waals surface area contributed by atoms with Crippen LogP contribution < -0.4 is 0 Å². The summed E-state index contributed by atoms with van der Waals surface area (Å²) in [5, 5.41) is 24.0. The minimum Gasteiger partial charge on any atom is -0.478 e. The van der Waals surface area contributed by atoms with Crippen LogP contribution in [0.15, 0.2) is 24.5 Å². The van der Waals surface area contributed by atoms with Crippen LogP contribution in [0.5, 0.6) is 0 Å². The van der Waals surface area contributed by atoms with E-state index >= 15 is 0 Å². The number of nitro groups is 1. The standard InChI is InChI=1S/C14H14N4O4/c1-9(2)17-10(5-6-16-17)3-4-13-12(14(19)20)7-11(8-15-13)18(21)22/h3-9H,1-2H3,(H,19,20). The summed E-state index contributed by atoms with van der Waals surface area (Å²) in [5.41, 5.74) is 0.351. The van der Waals surface area contributed by atoms with Crippen molar-refractivity contribution in [2.24, 2.45) is 0 Å². The second-order valence-corrected chi connectivity index (χ2v) is 4.82. The first kappa shape index (κ1) is 15.4. The molecule has 0 fully saturated rings. The van der Waals surface area contributed by atoms with Gasteiger partial charge in [0, 0.05) is 18.3 Å². The number of carboxylic acid groups (broad SMARTS) is 1. The van der Waals surface area contributed by atoms with Gasteiger partial charge in [0.1, 0.15) is 6.20 Å². The zero-order chi connectivity index (χ0) is 16.3. The van der Waals surface area contributed by atoms with E-state index in [0.717, 1.165) is 18.0 Å². The molecule has 0 aromatic carbocycles. The van der Waals surface area contributed by atoms with Gasteiger partial charge >= 0.3 is 5.97 Å². The van der Waals surface area contributed by atoms with Gasteiger partial charge in [-0.05, 0) is 32.1 Å². The summed E-state index contributed by atoms with van der Waals surface area (Å²) < 4.78 is 1.77. The van der Waals surface area contributed by atoms with Crippen molar-refractivity contribution >= 4 is 23.8 Å². The molecule has 0 saturated heterocycles. The van der Waals surface area contributed by atoms with Crippen LogP contribution in [0.25, 0.3) is 12.2 Å². The highest BCUT2D eigenvalue weighted by atomic mass is 16.6. The Labute approximate surface area is 125 Å². The Morgan fingerprint density at radius 2 is 2.18 bits per heavy atom. The van der Waals surface area contributed by atoms with Crippen LogP contribution in [0.4, 0.5) is 5.69 Å². The van der Waals surface area contributed by atoms with Gasteiger partial charge in [-0.2, -0.15) is 5.10 Å². The van der Waals surface area contributed by atoms with Crippen molar-refractivity contribution in [1.82, 2.24) is 14.8 Å². The molecule has 1 N–H and O–H groups in total. The Kier molecular flexibility index (Phi) is 4.31. The lowest BCUT2D eigenvalue weighted by Crippen LogP contribution is -2.05. The van der Waals surface area contributed by atoms with Crippen molar-refractivity contribution in [3.8, 4) is 0 Å². The maximum absolute atomic E-state index is 11.2. The molecule has 8 nitrogen and oxygen atoms in total. The number of rotatable bonds is 5. The highest BCUT2D eigenvalue weighted by Crippen LogP contribution is 2.18. The van der Waals surface area contributed by atoms with Gasteiger partial charge in [0.05, 0.1) is 21.9 Å². The van der Waals surface area contributed by atoms with Gasteiger partial charge in [-0.1, -0.05) is 0 Å². The van der Waals surface area contributed by atoms with Crippen LogP contribution in [0, 0.1) is 10.1 Å². The van der Waals surface area contributed by atoms with Crippen molar-refractivity contribution in [3.05, 3.63) is 51.6 Å². The van der Waals surface area contributed by atoms with Gasteiger partial charge in [0.2, 0.25) is 0 Å². The average molecular weight is 302 g/mol. The molecule has 0 amide bonds. The normalized spacial score (nSPS) is 11.2. The molecule has 2 heterocycles. The van der Waals surface area contributed by atoms with Crippen molar-refractivity contribution in [2.75, 3.05) is 0 Å². The Morgan fingerprint density at radius 3 is 2.77 bits per heavy atom. The minimum absolute atomic E-state index is 0.148. The molecule has 8 heteroatoms. The van der Waals surface area contributed by atoms with E-state index in [-0.39, 0.29) is 23.0 Å². The number of aromatic carboxylic acids is 1. The molecule has 2 aromatic rings. The van der Waals surface area contributed by atoms with Crippen LogP contribution in [0.1, 0.15) is 41.6 Å². The Morgan fingerprint density at radius 1 is 1.45 bits per heavy atom. The Hall–Kier alpha value is -3.03. The highest BCUT2D eigenvalue weighted by molar-refractivity contribution is 5.93. The largest absolute Gasteiger partial charge is 0.478 e. The molecule has 0 bridgehead atoms. The van der Waals surface area contributed by atoms with Crippen LogP contribution in [-0.4, -0.2) is 30.8 Å². The number of carbonyl (C=O) groups is 1. The van der Waals surface area contributed by atoms with Gasteiger partial charge < -0.3 is 5.11 Å². The molecular weight excluding hydrogens is 288 g/mol. The van der Waals surface area contributed by atoms with Crippen molar-refractivity contribution in [2.45, 2.75) is 19.9 Å². The molecule has 0 radical (unpaired) electrons. The number of aromatic nitrogens is 3. The summed E-state index contributed by atoms with van der Waals surface area (Å²) >= 11 is 0. The number of nitrogens with zero attached hydrogens (tertiary/aromatic N) is 4. The lowest BCUT2D eigenvalue weighted by molar-refractivity contribution is -0.385. The molecule has 0 aliphatic rings. The summed E-state index contributed by atoms with van der Waals surface area (Å²) in [4.78, 5) is 25.1. The van der Waals surface area contributed by atoms with Gasteiger partial charge in [0.15, 0.2) is 0 Å². The lowest BCUT2D eigenvalue weighted by Gasteiger charge is -2.07. The van der Waals surface area contributed by atoms with E-state index in [0.29, 0.717) is 0 Å². The monoisotopic (exact) mass is 302 g/mol. The van der Waals surface area contributed by atoms with Gasteiger partial charge in [-0.3, -0.25) is 14.8 Å². The fraction of sp³-hybridized carbons (Fsp3) is 0.214. The maximum Gasteiger partial charge on any atom is 0.338 e. The molecule has 2 rings (SSSR count). The summed E-state index contributed by atoms with van der Waals surface area (Å²) in [5.74, 6) is -1.27. The molecule has 0 atom stereocenters. The van der Waals surface area contributed by atoms with E-state index in [2.05, 4.69) is 10.1 Å². The number of hydrogen-bond acceptors (Lipinski definition) is 5. The Bertz CT molecular complexity index is 749. The first-order valence-electron chi connectivity index (χ1n) is 6.49. The van der Waals surface area contributed by atoms with Crippen molar-refractivity contribution in [1.29, 1.82) is 0 Å². The molecule has 0 spiro atoms. The third kappa shape index (κ3) is 3.17. The van der Waals surface area contributed by atoms with E-state index in [4.69, 9.17) is 5.11 Å². The SMILES string of the molecule is CC(C)n1nccc1C=Cc1ncc([N+](=O)[O-])cc1C(=O)O. The topological polar surface area (TPSA) is 111 Å². The molecule has 114 valence electrons. The lowest BCUT2D eigenvalue weighted by atomic mass is 10.1. The van der Waals surface area contributed by atoms with Crippen LogP contribution >= 0.6 is 0 Å². The molecule has 0 saturated carbocycles. The van der Waals surface area contributed by atoms with Gasteiger partial charge in [0.25, 0.3) is 5.69 Å². The molecule has 0 aliphatic heterocycles. The summed E-state index contributed by atoms with van der Waals surface area (Å²) in [6.07, 6.45) is 5.85. The first-order valence-corrected chi connectivity index (χ1v) is 6.49. The third-order valence-electron chi connectivity index (χ3n) is 2.95. The van der Waals surface area contributed by atoms with E-state index in [9.17, 15) is 14.9 Å². The highest BCUT2D eigenvalue weighted by Gasteiger charge is 2.16. The predicted molar refractivity (Wildman–Crippen MR) is 79.4 cm³/mol. The molecule has 0 unspecified atom stereocenters. The number of carboxylic acids is 1.